The molecule has 0 aromatic heterocycles. The van der Waals surface area contributed by atoms with E-state index < -0.39 is 5.92 Å². The van der Waals surface area contributed by atoms with Gasteiger partial charge in [0.15, 0.2) is 0 Å². The fraction of sp³-hybridized carbons (Fsp3) is 0.333. The summed E-state index contributed by atoms with van der Waals surface area (Å²) < 4.78 is 0.995. The maximum Gasteiger partial charge on any atom is 0.234 e. The highest BCUT2D eigenvalue weighted by atomic mass is 127. The van der Waals surface area contributed by atoms with Gasteiger partial charge in [-0.05, 0) is 47.2 Å². The molecule has 18 heavy (non-hydrogen) atoms. The van der Waals surface area contributed by atoms with Gasteiger partial charge in [0, 0.05) is 3.57 Å². The van der Waals surface area contributed by atoms with Crippen molar-refractivity contribution in [3.05, 3.63) is 26.8 Å². The van der Waals surface area contributed by atoms with Gasteiger partial charge in [-0.25, -0.2) is 0 Å². The van der Waals surface area contributed by atoms with Crippen molar-refractivity contribution in [2.75, 3.05) is 5.32 Å². The molecule has 0 aliphatic rings. The van der Waals surface area contributed by atoms with Crippen LogP contribution in [-0.4, -0.2) is 10.9 Å². The average Bonchev–Trinajstić information content (AvgIpc) is 2.30. The van der Waals surface area contributed by atoms with Crippen molar-refractivity contribution in [1.82, 2.24) is 0 Å². The Morgan fingerprint density at radius 3 is 2.83 bits per heavy atom. The number of amides is 1. The van der Waals surface area contributed by atoms with E-state index in [1.807, 2.05) is 19.1 Å². The molecule has 3 N–H and O–H groups in total. The molecule has 1 unspecified atom stereocenters. The Morgan fingerprint density at radius 1 is 1.61 bits per heavy atom. The highest BCUT2D eigenvalue weighted by Crippen LogP contribution is 2.24. The smallest absolute Gasteiger partial charge is 0.234 e. The minimum absolute atomic E-state index is 0.201. The van der Waals surface area contributed by atoms with Crippen molar-refractivity contribution in [2.45, 2.75) is 19.8 Å². The first-order chi connectivity index (χ1) is 8.45. The third-order valence-electron chi connectivity index (χ3n) is 2.42. The fourth-order valence-corrected chi connectivity index (χ4v) is 2.39. The van der Waals surface area contributed by atoms with Crippen molar-refractivity contribution < 1.29 is 4.79 Å². The van der Waals surface area contributed by atoms with Crippen molar-refractivity contribution >= 4 is 63.0 Å². The Bertz CT molecular complexity index is 467. The fourth-order valence-electron chi connectivity index (χ4n) is 1.50. The first-order valence-corrected chi connectivity index (χ1v) is 7.37. The number of carbonyl (C=O) groups is 1. The Kier molecular flexibility index (Phi) is 6.31. The van der Waals surface area contributed by atoms with E-state index in [9.17, 15) is 4.79 Å². The van der Waals surface area contributed by atoms with Gasteiger partial charge in [0.25, 0.3) is 0 Å². The zero-order valence-electron chi connectivity index (χ0n) is 9.87. The molecule has 3 nitrogen and oxygen atoms in total. The first kappa shape index (κ1) is 15.7. The second-order valence-electron chi connectivity index (χ2n) is 3.86. The lowest BCUT2D eigenvalue weighted by atomic mass is 10.0. The van der Waals surface area contributed by atoms with Crippen molar-refractivity contribution in [2.24, 2.45) is 11.7 Å². The van der Waals surface area contributed by atoms with E-state index in [1.54, 1.807) is 6.07 Å². The first-order valence-electron chi connectivity index (χ1n) is 5.51. The van der Waals surface area contributed by atoms with Crippen LogP contribution in [0.15, 0.2) is 18.2 Å². The molecule has 0 fully saturated rings. The van der Waals surface area contributed by atoms with Gasteiger partial charge in [-0.1, -0.05) is 37.2 Å². The Labute approximate surface area is 131 Å². The summed E-state index contributed by atoms with van der Waals surface area (Å²) >= 11 is 13.1. The Balaban J connectivity index is 2.85. The van der Waals surface area contributed by atoms with Crippen LogP contribution in [0, 0.1) is 9.49 Å². The van der Waals surface area contributed by atoms with Crippen LogP contribution in [0.5, 0.6) is 0 Å². The molecule has 1 aromatic carbocycles. The maximum absolute atomic E-state index is 12.1. The predicted octanol–water partition coefficient (Wildman–Crippen LogP) is 3.59. The van der Waals surface area contributed by atoms with Crippen LogP contribution in [0.1, 0.15) is 19.8 Å². The highest BCUT2D eigenvalue weighted by molar-refractivity contribution is 14.1. The van der Waals surface area contributed by atoms with Gasteiger partial charge in [0.2, 0.25) is 5.91 Å². The summed E-state index contributed by atoms with van der Waals surface area (Å²) in [5, 5.41) is 3.28. The number of halogens is 2. The third kappa shape index (κ3) is 4.37. The number of carbonyl (C=O) groups excluding carboxylic acids is 1. The van der Waals surface area contributed by atoms with Crippen LogP contribution in [0.2, 0.25) is 5.02 Å². The number of anilines is 1. The molecule has 0 aliphatic carbocycles. The van der Waals surface area contributed by atoms with Gasteiger partial charge in [-0.15, -0.1) is 0 Å². The molecule has 1 amide bonds. The van der Waals surface area contributed by atoms with E-state index in [4.69, 9.17) is 29.6 Å². The number of rotatable bonds is 5. The monoisotopic (exact) mass is 396 g/mol. The van der Waals surface area contributed by atoms with Crippen molar-refractivity contribution in [1.29, 1.82) is 0 Å². The lowest BCUT2D eigenvalue weighted by Crippen LogP contribution is -2.33. The highest BCUT2D eigenvalue weighted by Gasteiger charge is 2.21. The topological polar surface area (TPSA) is 55.1 Å². The van der Waals surface area contributed by atoms with E-state index in [0.717, 1.165) is 9.99 Å². The number of thiocarbonyl (C=S) groups is 1. The number of benzene rings is 1. The zero-order valence-corrected chi connectivity index (χ0v) is 13.6. The molecule has 6 heteroatoms. The molecular weight excluding hydrogens is 383 g/mol. The summed E-state index contributed by atoms with van der Waals surface area (Å²) in [6.07, 6.45) is 1.48. The molecule has 0 spiro atoms. The van der Waals surface area contributed by atoms with Crippen LogP contribution in [0.25, 0.3) is 0 Å². The van der Waals surface area contributed by atoms with Crippen LogP contribution in [0.3, 0.4) is 0 Å². The van der Waals surface area contributed by atoms with Crippen LogP contribution in [0.4, 0.5) is 5.69 Å². The van der Waals surface area contributed by atoms with Crippen LogP contribution < -0.4 is 11.1 Å². The second-order valence-corrected chi connectivity index (χ2v) is 5.98. The molecule has 0 bridgehead atoms. The number of nitrogens with two attached hydrogens (primary N) is 1. The van der Waals surface area contributed by atoms with Gasteiger partial charge >= 0.3 is 0 Å². The molecule has 0 heterocycles. The SMILES string of the molecule is CCCC(C(=O)Nc1cc(I)ccc1Cl)C(N)=S. The van der Waals surface area contributed by atoms with E-state index in [-0.39, 0.29) is 10.9 Å². The standard InChI is InChI=1S/C12H14ClIN2OS/c1-2-3-8(11(15)18)12(17)16-10-6-7(14)4-5-9(10)13/h4-6,8H,2-3H2,1H3,(H2,15,18)(H,16,17). The minimum Gasteiger partial charge on any atom is -0.393 e. The molecule has 0 saturated heterocycles. The van der Waals surface area contributed by atoms with E-state index in [0.29, 0.717) is 17.1 Å². The maximum atomic E-state index is 12.1. The average molecular weight is 397 g/mol. The molecule has 98 valence electrons. The van der Waals surface area contributed by atoms with Crippen LogP contribution >= 0.6 is 46.4 Å². The van der Waals surface area contributed by atoms with Gasteiger partial charge in [-0.2, -0.15) is 0 Å². The van der Waals surface area contributed by atoms with Gasteiger partial charge in [0.05, 0.1) is 21.6 Å². The molecule has 1 aromatic rings. The second kappa shape index (κ2) is 7.25. The normalized spacial score (nSPS) is 11.9. The van der Waals surface area contributed by atoms with Gasteiger partial charge < -0.3 is 11.1 Å². The minimum atomic E-state index is -0.445. The summed E-state index contributed by atoms with van der Waals surface area (Å²) in [6.45, 7) is 1.98. The molecule has 0 aliphatic heterocycles. The summed E-state index contributed by atoms with van der Waals surface area (Å²) in [5.41, 5.74) is 6.17. The third-order valence-corrected chi connectivity index (χ3v) is 3.71. The molecule has 1 atom stereocenters. The van der Waals surface area contributed by atoms with E-state index in [2.05, 4.69) is 27.9 Å². The number of nitrogens with one attached hydrogen (secondary N) is 1. The number of hydrogen-bond donors (Lipinski definition) is 2. The van der Waals surface area contributed by atoms with Crippen LogP contribution in [-0.2, 0) is 4.79 Å². The number of hydrogen-bond acceptors (Lipinski definition) is 2. The predicted molar refractivity (Wildman–Crippen MR) is 88.0 cm³/mol. The Morgan fingerprint density at radius 2 is 2.28 bits per heavy atom. The lowest BCUT2D eigenvalue weighted by Gasteiger charge is -2.15. The quantitative estimate of drug-likeness (QED) is 0.591. The molecule has 0 saturated carbocycles. The summed E-state index contributed by atoms with van der Waals surface area (Å²) in [5.74, 6) is -0.646. The summed E-state index contributed by atoms with van der Waals surface area (Å²) in [7, 11) is 0. The zero-order chi connectivity index (χ0) is 13.7. The summed E-state index contributed by atoms with van der Waals surface area (Å²) in [6, 6.07) is 5.42. The van der Waals surface area contributed by atoms with Gasteiger partial charge in [0.1, 0.15) is 0 Å². The summed E-state index contributed by atoms with van der Waals surface area (Å²) in [4.78, 5) is 12.3. The van der Waals surface area contributed by atoms with E-state index >= 15 is 0 Å². The van der Waals surface area contributed by atoms with Crippen molar-refractivity contribution in [3.8, 4) is 0 Å². The van der Waals surface area contributed by atoms with Crippen molar-refractivity contribution in [3.63, 3.8) is 0 Å². The largest absolute Gasteiger partial charge is 0.393 e. The Hall–Kier alpha value is -0.400. The molecule has 1 rings (SSSR count). The molecular formula is C12H14ClIN2OS. The van der Waals surface area contributed by atoms with Gasteiger partial charge in [-0.3, -0.25) is 4.79 Å². The van der Waals surface area contributed by atoms with E-state index in [1.165, 1.54) is 0 Å². The lowest BCUT2D eigenvalue weighted by molar-refractivity contribution is -0.118. The molecule has 0 radical (unpaired) electrons.